The van der Waals surface area contributed by atoms with Crippen LogP contribution < -0.4 is 4.90 Å². The van der Waals surface area contributed by atoms with Crippen molar-refractivity contribution in [2.75, 3.05) is 30.8 Å². The van der Waals surface area contributed by atoms with Crippen LogP contribution in [0.3, 0.4) is 0 Å². The van der Waals surface area contributed by atoms with Crippen molar-refractivity contribution in [1.29, 1.82) is 0 Å². The first-order chi connectivity index (χ1) is 9.90. The maximum atomic E-state index is 12.3. The first kappa shape index (κ1) is 17.4. The van der Waals surface area contributed by atoms with Crippen molar-refractivity contribution in [2.24, 2.45) is 0 Å². The van der Waals surface area contributed by atoms with Gasteiger partial charge in [-0.3, -0.25) is 4.79 Å². The molecule has 0 atom stereocenters. The Bertz CT molecular complexity index is 570. The number of carbonyl (C=O) groups is 1. The Morgan fingerprint density at radius 2 is 1.90 bits per heavy atom. The summed E-state index contributed by atoms with van der Waals surface area (Å²) in [5, 5.41) is 0. The first-order valence-electron chi connectivity index (χ1n) is 6.81. The van der Waals surface area contributed by atoms with Gasteiger partial charge in [0.2, 0.25) is 15.9 Å². The van der Waals surface area contributed by atoms with E-state index in [-0.39, 0.29) is 25.4 Å². The number of hydrogen-bond donors (Lipinski definition) is 0. The number of hydrogen-bond acceptors (Lipinski definition) is 3. The van der Waals surface area contributed by atoms with Gasteiger partial charge in [-0.2, -0.15) is 4.31 Å². The van der Waals surface area contributed by atoms with E-state index < -0.39 is 10.0 Å². The van der Waals surface area contributed by atoms with Gasteiger partial charge in [0.1, 0.15) is 0 Å². The van der Waals surface area contributed by atoms with Crippen LogP contribution in [0.1, 0.15) is 13.3 Å². The van der Waals surface area contributed by atoms with Crippen molar-refractivity contribution in [3.05, 3.63) is 43.0 Å². The Labute approximate surface area is 126 Å². The standard InChI is InChI=1S/C15H22N2O3S/c1-4-12-16(21(3,19)20)13-11-15(18)17(5-2)14-9-7-6-8-10-14/h4,6-10H,1,5,11-13H2,2-3H3. The normalized spacial score (nSPS) is 11.4. The molecule has 0 unspecified atom stereocenters. The lowest BCUT2D eigenvalue weighted by atomic mass is 10.2. The third kappa shape index (κ3) is 5.32. The molecule has 0 bridgehead atoms. The minimum absolute atomic E-state index is 0.0959. The summed E-state index contributed by atoms with van der Waals surface area (Å²) < 4.78 is 24.4. The van der Waals surface area contributed by atoms with Crippen molar-refractivity contribution >= 4 is 21.6 Å². The van der Waals surface area contributed by atoms with Crippen LogP contribution in [0.25, 0.3) is 0 Å². The molecule has 0 aliphatic carbocycles. The number of benzene rings is 1. The van der Waals surface area contributed by atoms with Crippen LogP contribution in [0, 0.1) is 0 Å². The second-order valence-corrected chi connectivity index (χ2v) is 6.62. The van der Waals surface area contributed by atoms with Gasteiger partial charge in [0.05, 0.1) is 6.26 Å². The molecular formula is C15H22N2O3S. The molecule has 6 heteroatoms. The summed E-state index contributed by atoms with van der Waals surface area (Å²) in [6, 6.07) is 9.34. The number of rotatable bonds is 8. The molecule has 0 radical (unpaired) electrons. The maximum Gasteiger partial charge on any atom is 0.228 e. The van der Waals surface area contributed by atoms with Gasteiger partial charge in [0, 0.05) is 31.7 Å². The molecule has 21 heavy (non-hydrogen) atoms. The summed E-state index contributed by atoms with van der Waals surface area (Å²) in [7, 11) is -3.33. The Hall–Kier alpha value is -1.66. The highest BCUT2D eigenvalue weighted by Gasteiger charge is 2.19. The van der Waals surface area contributed by atoms with Crippen molar-refractivity contribution < 1.29 is 13.2 Å². The zero-order valence-electron chi connectivity index (χ0n) is 12.5. The molecule has 1 amide bonds. The van der Waals surface area contributed by atoms with Gasteiger partial charge in [-0.1, -0.05) is 24.3 Å². The maximum absolute atomic E-state index is 12.3. The fraction of sp³-hybridized carbons (Fsp3) is 0.400. The minimum Gasteiger partial charge on any atom is -0.313 e. The first-order valence-corrected chi connectivity index (χ1v) is 8.66. The number of nitrogens with zero attached hydrogens (tertiary/aromatic N) is 2. The highest BCUT2D eigenvalue weighted by Crippen LogP contribution is 2.14. The van der Waals surface area contributed by atoms with E-state index in [2.05, 4.69) is 6.58 Å². The predicted octanol–water partition coefficient (Wildman–Crippen LogP) is 1.88. The number of sulfonamides is 1. The van der Waals surface area contributed by atoms with Gasteiger partial charge < -0.3 is 4.90 Å². The third-order valence-corrected chi connectivity index (χ3v) is 4.33. The van der Waals surface area contributed by atoms with Crippen LogP contribution in [0.2, 0.25) is 0 Å². The molecule has 0 saturated heterocycles. The summed E-state index contributed by atoms with van der Waals surface area (Å²) >= 11 is 0. The smallest absolute Gasteiger partial charge is 0.228 e. The summed E-state index contributed by atoms with van der Waals surface area (Å²) in [5.41, 5.74) is 0.819. The second-order valence-electron chi connectivity index (χ2n) is 4.63. The van der Waals surface area contributed by atoms with Gasteiger partial charge in [-0.25, -0.2) is 8.42 Å². The van der Waals surface area contributed by atoms with Gasteiger partial charge in [0.15, 0.2) is 0 Å². The quantitative estimate of drug-likeness (QED) is 0.689. The van der Waals surface area contributed by atoms with E-state index in [1.54, 1.807) is 4.90 Å². The number of amides is 1. The van der Waals surface area contributed by atoms with E-state index in [1.807, 2.05) is 37.3 Å². The lowest BCUT2D eigenvalue weighted by Gasteiger charge is -2.23. The number of anilines is 1. The highest BCUT2D eigenvalue weighted by atomic mass is 32.2. The second kappa shape index (κ2) is 7.95. The monoisotopic (exact) mass is 310 g/mol. The fourth-order valence-corrected chi connectivity index (χ4v) is 2.80. The summed E-state index contributed by atoms with van der Waals surface area (Å²) in [6.45, 7) is 6.35. The van der Waals surface area contributed by atoms with Crippen LogP contribution in [-0.4, -0.2) is 44.5 Å². The number of carbonyl (C=O) groups excluding carboxylic acids is 1. The number of para-hydroxylation sites is 1. The molecule has 0 saturated carbocycles. The molecule has 0 aromatic heterocycles. The Kier molecular flexibility index (Phi) is 6.58. The zero-order chi connectivity index (χ0) is 15.9. The van der Waals surface area contributed by atoms with Gasteiger partial charge in [-0.15, -0.1) is 6.58 Å². The average molecular weight is 310 g/mol. The predicted molar refractivity (Wildman–Crippen MR) is 85.7 cm³/mol. The van der Waals surface area contributed by atoms with E-state index >= 15 is 0 Å². The van der Waals surface area contributed by atoms with Crippen LogP contribution in [-0.2, 0) is 14.8 Å². The third-order valence-electron chi connectivity index (χ3n) is 3.06. The summed E-state index contributed by atoms with van der Waals surface area (Å²) in [5.74, 6) is -0.0959. The van der Waals surface area contributed by atoms with Gasteiger partial charge in [-0.05, 0) is 19.1 Å². The molecule has 116 valence electrons. The van der Waals surface area contributed by atoms with E-state index in [1.165, 1.54) is 10.4 Å². The van der Waals surface area contributed by atoms with Crippen LogP contribution in [0.15, 0.2) is 43.0 Å². The van der Waals surface area contributed by atoms with E-state index in [0.29, 0.717) is 6.54 Å². The Morgan fingerprint density at radius 3 is 2.38 bits per heavy atom. The average Bonchev–Trinajstić information content (AvgIpc) is 2.44. The molecular weight excluding hydrogens is 288 g/mol. The van der Waals surface area contributed by atoms with Crippen LogP contribution in [0.5, 0.6) is 0 Å². The molecule has 0 heterocycles. The molecule has 0 aliphatic rings. The molecule has 1 aromatic rings. The molecule has 1 aromatic carbocycles. The largest absolute Gasteiger partial charge is 0.313 e. The fourth-order valence-electron chi connectivity index (χ4n) is 2.00. The van der Waals surface area contributed by atoms with Gasteiger partial charge >= 0.3 is 0 Å². The lowest BCUT2D eigenvalue weighted by molar-refractivity contribution is -0.118. The lowest BCUT2D eigenvalue weighted by Crippen LogP contribution is -2.36. The van der Waals surface area contributed by atoms with Crippen molar-refractivity contribution in [3.8, 4) is 0 Å². The molecule has 0 aliphatic heterocycles. The van der Waals surface area contributed by atoms with E-state index in [9.17, 15) is 13.2 Å². The Balaban J connectivity index is 2.73. The van der Waals surface area contributed by atoms with Gasteiger partial charge in [0.25, 0.3) is 0 Å². The van der Waals surface area contributed by atoms with Crippen molar-refractivity contribution in [2.45, 2.75) is 13.3 Å². The Morgan fingerprint density at radius 1 is 1.29 bits per heavy atom. The SMILES string of the molecule is C=CCN(CCC(=O)N(CC)c1ccccc1)S(C)(=O)=O. The molecule has 0 N–H and O–H groups in total. The zero-order valence-corrected chi connectivity index (χ0v) is 13.3. The molecule has 0 fully saturated rings. The van der Waals surface area contributed by atoms with E-state index in [4.69, 9.17) is 0 Å². The summed E-state index contributed by atoms with van der Waals surface area (Å²) in [6.07, 6.45) is 2.79. The van der Waals surface area contributed by atoms with Crippen molar-refractivity contribution in [1.82, 2.24) is 4.31 Å². The topological polar surface area (TPSA) is 57.7 Å². The van der Waals surface area contributed by atoms with E-state index in [0.717, 1.165) is 11.9 Å². The minimum atomic E-state index is -3.33. The summed E-state index contributed by atoms with van der Waals surface area (Å²) in [4.78, 5) is 13.9. The molecule has 0 spiro atoms. The molecule has 5 nitrogen and oxygen atoms in total. The highest BCUT2D eigenvalue weighted by molar-refractivity contribution is 7.88. The molecule has 1 rings (SSSR count). The van der Waals surface area contributed by atoms with Crippen molar-refractivity contribution in [3.63, 3.8) is 0 Å². The van der Waals surface area contributed by atoms with Crippen LogP contribution in [0.4, 0.5) is 5.69 Å². The van der Waals surface area contributed by atoms with Crippen LogP contribution >= 0.6 is 0 Å².